The van der Waals surface area contributed by atoms with Crippen LogP contribution in [0.2, 0.25) is 0 Å². The van der Waals surface area contributed by atoms with Gasteiger partial charge < -0.3 is 9.84 Å². The van der Waals surface area contributed by atoms with Crippen LogP contribution >= 0.6 is 0 Å². The highest BCUT2D eigenvalue weighted by Gasteiger charge is 2.32. The molecule has 0 unspecified atom stereocenters. The maximum absolute atomic E-state index is 9.03. The van der Waals surface area contributed by atoms with E-state index in [1.807, 2.05) is 60.7 Å². The topological polar surface area (TPSA) is 29.5 Å². The van der Waals surface area contributed by atoms with Crippen molar-refractivity contribution >= 4 is 0 Å². The molecule has 0 radical (unpaired) electrons. The van der Waals surface area contributed by atoms with Gasteiger partial charge in [0.25, 0.3) is 0 Å². The average molecular weight is 252 g/mol. The minimum absolute atomic E-state index is 0.0664. The Morgan fingerprint density at radius 1 is 0.947 bits per heavy atom. The summed E-state index contributed by atoms with van der Waals surface area (Å²) in [6, 6.07) is 19.3. The van der Waals surface area contributed by atoms with Crippen LogP contribution in [-0.4, -0.2) is 18.3 Å². The first-order chi connectivity index (χ1) is 9.33. The number of ether oxygens (including phenoxy) is 1. The Morgan fingerprint density at radius 2 is 1.42 bits per heavy atom. The zero-order chi connectivity index (χ0) is 13.6. The summed E-state index contributed by atoms with van der Waals surface area (Å²) in [7, 11) is 0. The lowest BCUT2D eigenvalue weighted by atomic mass is 9.87. The van der Waals surface area contributed by atoms with Crippen molar-refractivity contribution in [3.05, 3.63) is 71.8 Å². The molecule has 0 aliphatic heterocycles. The summed E-state index contributed by atoms with van der Waals surface area (Å²) < 4.78 is 5.81. The third-order valence-electron chi connectivity index (χ3n) is 2.97. The predicted molar refractivity (Wildman–Crippen MR) is 75.5 cm³/mol. The number of hydrogen-bond acceptors (Lipinski definition) is 2. The molecule has 0 amide bonds. The molecule has 19 heavy (non-hydrogen) atoms. The van der Waals surface area contributed by atoms with Crippen LogP contribution in [0.5, 0.6) is 0 Å². The molecule has 1 N–H and O–H groups in total. The summed E-state index contributed by atoms with van der Waals surface area (Å²) in [6.45, 7) is 0.122. The molecule has 2 heteroatoms. The lowest BCUT2D eigenvalue weighted by molar-refractivity contribution is 0.00524. The van der Waals surface area contributed by atoms with E-state index in [-0.39, 0.29) is 13.2 Å². The minimum atomic E-state index is -0.953. The SMILES string of the molecule is C#CC(OCCO)(c1ccccc1)c1ccccc1. The quantitative estimate of drug-likeness (QED) is 0.829. The van der Waals surface area contributed by atoms with Gasteiger partial charge in [-0.15, -0.1) is 6.42 Å². The first-order valence-corrected chi connectivity index (χ1v) is 6.17. The first kappa shape index (κ1) is 13.4. The number of benzene rings is 2. The van der Waals surface area contributed by atoms with Crippen molar-refractivity contribution in [1.82, 2.24) is 0 Å². The molecule has 0 bridgehead atoms. The highest BCUT2D eigenvalue weighted by Crippen LogP contribution is 2.32. The molecule has 2 rings (SSSR count). The Morgan fingerprint density at radius 3 is 1.79 bits per heavy atom. The van der Waals surface area contributed by atoms with Gasteiger partial charge >= 0.3 is 0 Å². The number of aliphatic hydroxyl groups is 1. The molecule has 2 aromatic carbocycles. The Kier molecular flexibility index (Phi) is 4.35. The van der Waals surface area contributed by atoms with E-state index in [1.54, 1.807) is 0 Å². The highest BCUT2D eigenvalue weighted by molar-refractivity contribution is 5.44. The third kappa shape index (κ3) is 2.68. The number of aliphatic hydroxyl groups excluding tert-OH is 1. The van der Waals surface area contributed by atoms with Gasteiger partial charge in [0, 0.05) is 11.1 Å². The summed E-state index contributed by atoms with van der Waals surface area (Å²) in [4.78, 5) is 0. The van der Waals surface area contributed by atoms with E-state index >= 15 is 0 Å². The van der Waals surface area contributed by atoms with Crippen molar-refractivity contribution in [2.24, 2.45) is 0 Å². The van der Waals surface area contributed by atoms with Crippen LogP contribution in [0.15, 0.2) is 60.7 Å². The maximum atomic E-state index is 9.03. The normalized spacial score (nSPS) is 10.9. The average Bonchev–Trinajstić information content (AvgIpc) is 2.51. The highest BCUT2D eigenvalue weighted by atomic mass is 16.5. The van der Waals surface area contributed by atoms with E-state index in [9.17, 15) is 0 Å². The van der Waals surface area contributed by atoms with Crippen LogP contribution in [0.4, 0.5) is 0 Å². The van der Waals surface area contributed by atoms with E-state index in [1.165, 1.54) is 0 Å². The van der Waals surface area contributed by atoms with Gasteiger partial charge in [-0.2, -0.15) is 0 Å². The van der Waals surface area contributed by atoms with Crippen LogP contribution in [-0.2, 0) is 10.3 Å². The number of rotatable bonds is 5. The van der Waals surface area contributed by atoms with Crippen molar-refractivity contribution in [3.8, 4) is 12.3 Å². The van der Waals surface area contributed by atoms with Crippen molar-refractivity contribution in [3.63, 3.8) is 0 Å². The minimum Gasteiger partial charge on any atom is -0.394 e. The van der Waals surface area contributed by atoms with E-state index in [0.29, 0.717) is 0 Å². The van der Waals surface area contributed by atoms with Crippen LogP contribution in [0.25, 0.3) is 0 Å². The van der Waals surface area contributed by atoms with Gasteiger partial charge in [0.15, 0.2) is 5.60 Å². The van der Waals surface area contributed by atoms with Crippen molar-refractivity contribution < 1.29 is 9.84 Å². The molecule has 0 saturated carbocycles. The lowest BCUT2D eigenvalue weighted by Gasteiger charge is -2.29. The standard InChI is InChI=1S/C17H16O2/c1-2-17(19-14-13-18,15-9-5-3-6-10-15)16-11-7-4-8-12-16/h1,3-12,18H,13-14H2. The smallest absolute Gasteiger partial charge is 0.179 e. The second-order valence-corrected chi connectivity index (χ2v) is 4.13. The molecule has 0 aromatic heterocycles. The summed E-state index contributed by atoms with van der Waals surface area (Å²) in [5.74, 6) is 2.75. The van der Waals surface area contributed by atoms with Crippen molar-refractivity contribution in [1.29, 1.82) is 0 Å². The summed E-state index contributed by atoms with van der Waals surface area (Å²) >= 11 is 0. The van der Waals surface area contributed by atoms with Gasteiger partial charge in [-0.3, -0.25) is 0 Å². The molecule has 0 spiro atoms. The Balaban J connectivity index is 2.53. The fourth-order valence-corrected chi connectivity index (χ4v) is 2.09. The van der Waals surface area contributed by atoms with Crippen molar-refractivity contribution in [2.45, 2.75) is 5.60 Å². The number of hydrogen-bond donors (Lipinski definition) is 1. The van der Waals surface area contributed by atoms with Crippen LogP contribution in [0, 0.1) is 12.3 Å². The van der Waals surface area contributed by atoms with E-state index < -0.39 is 5.60 Å². The molecular formula is C17H16O2. The summed E-state index contributed by atoms with van der Waals surface area (Å²) in [6.07, 6.45) is 5.76. The van der Waals surface area contributed by atoms with E-state index in [2.05, 4.69) is 5.92 Å². The molecule has 96 valence electrons. The maximum Gasteiger partial charge on any atom is 0.179 e. The Hall–Kier alpha value is -2.08. The predicted octanol–water partition coefficient (Wildman–Crippen LogP) is 2.57. The molecule has 0 fully saturated rings. The third-order valence-corrected chi connectivity index (χ3v) is 2.97. The second-order valence-electron chi connectivity index (χ2n) is 4.13. The van der Waals surface area contributed by atoms with Gasteiger partial charge in [0.1, 0.15) is 0 Å². The van der Waals surface area contributed by atoms with Crippen molar-refractivity contribution in [2.75, 3.05) is 13.2 Å². The Bertz CT molecular complexity index is 501. The summed E-state index contributed by atoms with van der Waals surface area (Å²) in [5.41, 5.74) is 0.819. The first-order valence-electron chi connectivity index (χ1n) is 6.17. The van der Waals surface area contributed by atoms with E-state index in [4.69, 9.17) is 16.3 Å². The molecule has 2 aromatic rings. The fraction of sp³-hybridized carbons (Fsp3) is 0.176. The molecule has 2 nitrogen and oxygen atoms in total. The molecule has 0 saturated heterocycles. The zero-order valence-electron chi connectivity index (χ0n) is 10.6. The monoisotopic (exact) mass is 252 g/mol. The van der Waals surface area contributed by atoms with Crippen LogP contribution in [0.3, 0.4) is 0 Å². The zero-order valence-corrected chi connectivity index (χ0v) is 10.6. The van der Waals surface area contributed by atoms with Gasteiger partial charge in [-0.1, -0.05) is 66.6 Å². The van der Waals surface area contributed by atoms with Gasteiger partial charge in [-0.25, -0.2) is 0 Å². The molecule has 0 heterocycles. The Labute approximate surface area is 113 Å². The number of terminal acetylenes is 1. The van der Waals surface area contributed by atoms with Gasteiger partial charge in [0.2, 0.25) is 0 Å². The molecule has 0 aliphatic rings. The van der Waals surface area contributed by atoms with Gasteiger partial charge in [0.05, 0.1) is 13.2 Å². The second kappa shape index (κ2) is 6.19. The largest absolute Gasteiger partial charge is 0.394 e. The van der Waals surface area contributed by atoms with E-state index in [0.717, 1.165) is 11.1 Å². The molecular weight excluding hydrogens is 236 g/mol. The van der Waals surface area contributed by atoms with Gasteiger partial charge in [-0.05, 0) is 0 Å². The van der Waals surface area contributed by atoms with Crippen LogP contribution < -0.4 is 0 Å². The van der Waals surface area contributed by atoms with Crippen LogP contribution in [0.1, 0.15) is 11.1 Å². The molecule has 0 atom stereocenters. The summed E-state index contributed by atoms with van der Waals surface area (Å²) in [5, 5.41) is 9.03. The lowest BCUT2D eigenvalue weighted by Crippen LogP contribution is -2.30. The molecule has 0 aliphatic carbocycles. The fourth-order valence-electron chi connectivity index (χ4n) is 2.09.